The fourth-order valence-electron chi connectivity index (χ4n) is 2.95. The second-order valence-electron chi connectivity index (χ2n) is 6.48. The van der Waals surface area contributed by atoms with Gasteiger partial charge in [0.25, 0.3) is 11.5 Å². The molecule has 1 atom stereocenters. The predicted octanol–water partition coefficient (Wildman–Crippen LogP) is 1.88. The number of fused-ring (bicyclic) bond motifs is 2. The van der Waals surface area contributed by atoms with Crippen LogP contribution in [0.1, 0.15) is 17.4 Å². The Hall–Kier alpha value is -4.14. The van der Waals surface area contributed by atoms with Crippen molar-refractivity contribution in [3.63, 3.8) is 0 Å². The van der Waals surface area contributed by atoms with Crippen LogP contribution in [0.25, 0.3) is 21.8 Å². The molecular formula is C20H16N4O5. The molecule has 4 N–H and O–H groups in total. The van der Waals surface area contributed by atoms with Crippen LogP contribution in [0.4, 0.5) is 5.69 Å². The van der Waals surface area contributed by atoms with Crippen LogP contribution >= 0.6 is 0 Å². The van der Waals surface area contributed by atoms with E-state index < -0.39 is 23.5 Å². The highest BCUT2D eigenvalue weighted by Crippen LogP contribution is 2.16. The normalized spacial score (nSPS) is 12.0. The molecule has 0 fully saturated rings. The number of H-pyrrole nitrogens is 3. The number of benzene rings is 2. The van der Waals surface area contributed by atoms with Gasteiger partial charge < -0.3 is 25.0 Å². The van der Waals surface area contributed by atoms with Crippen molar-refractivity contribution in [3.8, 4) is 0 Å². The number of esters is 1. The Labute approximate surface area is 162 Å². The number of anilines is 1. The number of rotatable bonds is 4. The number of carbonyl (C=O) groups excluding carboxylic acids is 2. The lowest BCUT2D eigenvalue weighted by Gasteiger charge is -2.13. The standard InChI is InChI=1S/C20H16N4O5/c1-10(17(25)21-12-6-7-14-15(9-12)24-20(28)23-14)29-19(27)16-8-11-4-2-3-5-13(11)18(26)22-16/h2-10H,1H3,(H,21,25)(H,22,26)(H2,23,24,28). The van der Waals surface area contributed by atoms with E-state index in [2.05, 4.69) is 20.3 Å². The van der Waals surface area contributed by atoms with Crippen LogP contribution < -0.4 is 16.6 Å². The first-order valence-electron chi connectivity index (χ1n) is 8.77. The molecular weight excluding hydrogens is 376 g/mol. The fourth-order valence-corrected chi connectivity index (χ4v) is 2.95. The Balaban J connectivity index is 1.48. The molecule has 0 radical (unpaired) electrons. The third-order valence-electron chi connectivity index (χ3n) is 4.41. The van der Waals surface area contributed by atoms with E-state index in [1.807, 2.05) is 0 Å². The number of aromatic nitrogens is 3. The zero-order valence-corrected chi connectivity index (χ0v) is 15.2. The molecule has 0 aliphatic heterocycles. The van der Waals surface area contributed by atoms with Crippen molar-refractivity contribution in [2.24, 2.45) is 0 Å². The molecule has 2 aromatic carbocycles. The van der Waals surface area contributed by atoms with Gasteiger partial charge in [0.2, 0.25) is 0 Å². The van der Waals surface area contributed by atoms with E-state index in [-0.39, 0.29) is 11.4 Å². The first-order valence-corrected chi connectivity index (χ1v) is 8.77. The highest BCUT2D eigenvalue weighted by atomic mass is 16.5. The average Bonchev–Trinajstić information content (AvgIpc) is 3.07. The molecule has 0 aliphatic rings. The number of hydrogen-bond donors (Lipinski definition) is 4. The van der Waals surface area contributed by atoms with Gasteiger partial charge in [-0.2, -0.15) is 0 Å². The summed E-state index contributed by atoms with van der Waals surface area (Å²) in [5, 5.41) is 3.66. The number of carbonyl (C=O) groups is 2. The highest BCUT2D eigenvalue weighted by Gasteiger charge is 2.20. The van der Waals surface area contributed by atoms with E-state index >= 15 is 0 Å². The molecule has 0 saturated carbocycles. The summed E-state index contributed by atoms with van der Waals surface area (Å²) in [4.78, 5) is 55.8. The van der Waals surface area contributed by atoms with Crippen LogP contribution in [0, 0.1) is 0 Å². The second kappa shape index (κ2) is 7.12. The lowest BCUT2D eigenvalue weighted by atomic mass is 10.1. The summed E-state index contributed by atoms with van der Waals surface area (Å²) in [6.45, 7) is 1.42. The first-order chi connectivity index (χ1) is 13.9. The van der Waals surface area contributed by atoms with Gasteiger partial charge in [-0.1, -0.05) is 18.2 Å². The summed E-state index contributed by atoms with van der Waals surface area (Å²) >= 11 is 0. The largest absolute Gasteiger partial charge is 0.448 e. The van der Waals surface area contributed by atoms with Crippen molar-refractivity contribution in [2.45, 2.75) is 13.0 Å². The predicted molar refractivity (Wildman–Crippen MR) is 107 cm³/mol. The summed E-state index contributed by atoms with van der Waals surface area (Å²) in [7, 11) is 0. The van der Waals surface area contributed by atoms with Crippen molar-refractivity contribution in [1.82, 2.24) is 15.0 Å². The molecule has 2 aromatic heterocycles. The van der Waals surface area contributed by atoms with Gasteiger partial charge in [-0.05, 0) is 42.6 Å². The maximum absolute atomic E-state index is 12.4. The van der Waals surface area contributed by atoms with Crippen LogP contribution in [-0.2, 0) is 9.53 Å². The summed E-state index contributed by atoms with van der Waals surface area (Å²) in [6, 6.07) is 13.2. The first kappa shape index (κ1) is 18.2. The SMILES string of the molecule is CC(OC(=O)c1cc2ccccc2c(=O)[nH]1)C(=O)Nc1ccc2[nH]c(=O)[nH]c2c1. The Morgan fingerprint density at radius 1 is 0.966 bits per heavy atom. The lowest BCUT2D eigenvalue weighted by Crippen LogP contribution is -2.30. The topological polar surface area (TPSA) is 137 Å². The molecule has 29 heavy (non-hydrogen) atoms. The summed E-state index contributed by atoms with van der Waals surface area (Å²) < 4.78 is 5.18. The van der Waals surface area contributed by atoms with E-state index in [0.29, 0.717) is 27.5 Å². The fraction of sp³-hybridized carbons (Fsp3) is 0.100. The van der Waals surface area contributed by atoms with Crippen molar-refractivity contribution in [1.29, 1.82) is 0 Å². The maximum Gasteiger partial charge on any atom is 0.355 e. The van der Waals surface area contributed by atoms with Gasteiger partial charge >= 0.3 is 11.7 Å². The van der Waals surface area contributed by atoms with Gasteiger partial charge in [-0.15, -0.1) is 0 Å². The Morgan fingerprint density at radius 3 is 2.55 bits per heavy atom. The van der Waals surface area contributed by atoms with Gasteiger partial charge in [0, 0.05) is 11.1 Å². The average molecular weight is 392 g/mol. The number of ether oxygens (including phenoxy) is 1. The summed E-state index contributed by atoms with van der Waals surface area (Å²) in [6.07, 6.45) is -1.11. The minimum atomic E-state index is -1.11. The third-order valence-corrected chi connectivity index (χ3v) is 4.41. The quantitative estimate of drug-likeness (QED) is 0.393. The third kappa shape index (κ3) is 3.65. The zero-order valence-electron chi connectivity index (χ0n) is 15.2. The molecule has 9 nitrogen and oxygen atoms in total. The zero-order chi connectivity index (χ0) is 20.5. The molecule has 0 aliphatic carbocycles. The summed E-state index contributed by atoms with van der Waals surface area (Å²) in [5.74, 6) is -1.38. The summed E-state index contributed by atoms with van der Waals surface area (Å²) in [5.41, 5.74) is 0.759. The van der Waals surface area contributed by atoms with Crippen molar-refractivity contribution in [3.05, 3.63) is 75.1 Å². The molecule has 9 heteroatoms. The lowest BCUT2D eigenvalue weighted by molar-refractivity contribution is -0.123. The van der Waals surface area contributed by atoms with Crippen molar-refractivity contribution < 1.29 is 14.3 Å². The molecule has 0 bridgehead atoms. The minimum Gasteiger partial charge on any atom is -0.448 e. The molecule has 4 rings (SSSR count). The molecule has 0 saturated heterocycles. The van der Waals surface area contributed by atoms with Crippen LogP contribution in [0.15, 0.2) is 58.1 Å². The van der Waals surface area contributed by atoms with Crippen LogP contribution in [0.2, 0.25) is 0 Å². The number of pyridine rings is 1. The van der Waals surface area contributed by atoms with Crippen LogP contribution in [0.5, 0.6) is 0 Å². The molecule has 1 amide bonds. The number of imidazole rings is 1. The van der Waals surface area contributed by atoms with E-state index in [1.54, 1.807) is 42.5 Å². The Kier molecular flexibility index (Phi) is 4.47. The molecule has 1 unspecified atom stereocenters. The second-order valence-corrected chi connectivity index (χ2v) is 6.48. The monoisotopic (exact) mass is 392 g/mol. The minimum absolute atomic E-state index is 0.0420. The van der Waals surface area contributed by atoms with Gasteiger partial charge in [0.1, 0.15) is 5.69 Å². The van der Waals surface area contributed by atoms with Crippen LogP contribution in [-0.4, -0.2) is 32.9 Å². The molecule has 146 valence electrons. The maximum atomic E-state index is 12.4. The molecule has 4 aromatic rings. The number of nitrogens with one attached hydrogen (secondary N) is 4. The number of hydrogen-bond acceptors (Lipinski definition) is 5. The van der Waals surface area contributed by atoms with E-state index in [4.69, 9.17) is 4.74 Å². The van der Waals surface area contributed by atoms with Gasteiger partial charge in [0.05, 0.1) is 11.0 Å². The van der Waals surface area contributed by atoms with Gasteiger partial charge in [0.15, 0.2) is 6.10 Å². The molecule has 0 spiro atoms. The van der Waals surface area contributed by atoms with Crippen molar-refractivity contribution >= 4 is 39.4 Å². The number of amides is 1. The van der Waals surface area contributed by atoms with E-state index in [0.717, 1.165) is 0 Å². The van der Waals surface area contributed by atoms with E-state index in [9.17, 15) is 19.2 Å². The van der Waals surface area contributed by atoms with Gasteiger partial charge in [-0.25, -0.2) is 9.59 Å². The van der Waals surface area contributed by atoms with Gasteiger partial charge in [-0.3, -0.25) is 9.59 Å². The Morgan fingerprint density at radius 2 is 1.72 bits per heavy atom. The van der Waals surface area contributed by atoms with E-state index in [1.165, 1.54) is 13.0 Å². The molecule has 2 heterocycles. The highest BCUT2D eigenvalue weighted by molar-refractivity contribution is 5.98. The number of aromatic amines is 3. The van der Waals surface area contributed by atoms with Crippen LogP contribution in [0.3, 0.4) is 0 Å². The smallest absolute Gasteiger partial charge is 0.355 e. The van der Waals surface area contributed by atoms with Crippen molar-refractivity contribution in [2.75, 3.05) is 5.32 Å². The Bertz CT molecular complexity index is 1360.